The van der Waals surface area contributed by atoms with Crippen LogP contribution in [0.2, 0.25) is 0 Å². The first-order valence-electron chi connectivity index (χ1n) is 6.98. The van der Waals surface area contributed by atoms with Crippen LogP contribution in [0.5, 0.6) is 5.75 Å². The molecule has 1 aromatic rings. The lowest BCUT2D eigenvalue weighted by molar-refractivity contribution is -0.135. The molecule has 0 bridgehead atoms. The zero-order valence-corrected chi connectivity index (χ0v) is 11.7. The number of benzene rings is 1. The third-order valence-electron chi connectivity index (χ3n) is 3.74. The van der Waals surface area contributed by atoms with Crippen LogP contribution in [0.1, 0.15) is 19.8 Å². The van der Waals surface area contributed by atoms with Gasteiger partial charge in [-0.15, -0.1) is 0 Å². The van der Waals surface area contributed by atoms with Gasteiger partial charge in [-0.1, -0.05) is 12.1 Å². The largest absolute Gasteiger partial charge is 0.481 e. The molecule has 0 unspecified atom stereocenters. The molecule has 1 saturated heterocycles. The lowest BCUT2D eigenvalue weighted by atomic mass is 9.92. The zero-order valence-electron chi connectivity index (χ0n) is 11.7. The van der Waals surface area contributed by atoms with Crippen LogP contribution >= 0.6 is 0 Å². The Bertz CT molecular complexity index is 465. The summed E-state index contributed by atoms with van der Waals surface area (Å²) in [6.45, 7) is 3.22. The topological polar surface area (TPSA) is 55.6 Å². The Labute approximate surface area is 118 Å². The molecule has 0 radical (unpaired) electrons. The summed E-state index contributed by atoms with van der Waals surface area (Å²) < 4.78 is 18.6. The fourth-order valence-electron chi connectivity index (χ4n) is 2.46. The number of nitrogens with two attached hydrogens (primary N) is 1. The predicted molar refractivity (Wildman–Crippen MR) is 74.8 cm³/mol. The molecule has 2 N–H and O–H groups in total. The van der Waals surface area contributed by atoms with E-state index in [-0.39, 0.29) is 24.3 Å². The Morgan fingerprint density at radius 2 is 2.30 bits per heavy atom. The summed E-state index contributed by atoms with van der Waals surface area (Å²) >= 11 is 0. The van der Waals surface area contributed by atoms with Crippen LogP contribution in [0.15, 0.2) is 24.3 Å². The number of halogens is 1. The molecule has 1 aliphatic heterocycles. The standard InChI is InChI=1S/C15H21FN2O2/c1-11(17)12-5-4-8-18(9-12)15(19)10-20-14-7-3-2-6-13(14)16/h2-3,6-7,11-12H,4-5,8-10,17H2,1H3/t11-,12+/m1/s1. The van der Waals surface area contributed by atoms with E-state index in [0.29, 0.717) is 12.5 Å². The van der Waals surface area contributed by atoms with Crippen LogP contribution in [0.4, 0.5) is 4.39 Å². The molecule has 1 aliphatic rings. The summed E-state index contributed by atoms with van der Waals surface area (Å²) in [7, 11) is 0. The van der Waals surface area contributed by atoms with Crippen LogP contribution < -0.4 is 10.5 Å². The maximum Gasteiger partial charge on any atom is 0.260 e. The second-order valence-electron chi connectivity index (χ2n) is 5.32. The Balaban J connectivity index is 1.87. The quantitative estimate of drug-likeness (QED) is 0.915. The van der Waals surface area contributed by atoms with Gasteiger partial charge in [0.05, 0.1) is 0 Å². The minimum absolute atomic E-state index is 0.0816. The SMILES string of the molecule is C[C@@H](N)[C@H]1CCCN(C(=O)COc2ccccc2F)C1. The molecular formula is C15H21FN2O2. The molecule has 1 aromatic carbocycles. The number of amides is 1. The summed E-state index contributed by atoms with van der Waals surface area (Å²) in [6.07, 6.45) is 2.01. The van der Waals surface area contributed by atoms with Crippen molar-refractivity contribution in [2.45, 2.75) is 25.8 Å². The lowest BCUT2D eigenvalue weighted by Gasteiger charge is -2.34. The van der Waals surface area contributed by atoms with Crippen molar-refractivity contribution in [3.05, 3.63) is 30.1 Å². The number of carbonyl (C=O) groups excluding carboxylic acids is 1. The smallest absolute Gasteiger partial charge is 0.260 e. The van der Waals surface area contributed by atoms with Crippen LogP contribution in [0.25, 0.3) is 0 Å². The third-order valence-corrected chi connectivity index (χ3v) is 3.74. The van der Waals surface area contributed by atoms with Crippen molar-refractivity contribution < 1.29 is 13.9 Å². The second kappa shape index (κ2) is 6.70. The number of hydrogen-bond acceptors (Lipinski definition) is 3. The number of rotatable bonds is 4. The van der Waals surface area contributed by atoms with Crippen LogP contribution in [0.3, 0.4) is 0 Å². The first-order valence-corrected chi connectivity index (χ1v) is 6.98. The number of para-hydroxylation sites is 1. The maximum atomic E-state index is 13.4. The van der Waals surface area contributed by atoms with Crippen molar-refractivity contribution in [1.82, 2.24) is 4.90 Å². The molecule has 1 fully saturated rings. The van der Waals surface area contributed by atoms with E-state index in [9.17, 15) is 9.18 Å². The molecular weight excluding hydrogens is 259 g/mol. The van der Waals surface area contributed by atoms with E-state index >= 15 is 0 Å². The Hall–Kier alpha value is -1.62. The summed E-state index contributed by atoms with van der Waals surface area (Å²) in [4.78, 5) is 13.9. The molecule has 1 amide bonds. The van der Waals surface area contributed by atoms with Crippen LogP contribution in [-0.2, 0) is 4.79 Å². The summed E-state index contributed by atoms with van der Waals surface area (Å²) in [6, 6.07) is 6.17. The van der Waals surface area contributed by atoms with Gasteiger partial charge in [0.15, 0.2) is 18.2 Å². The highest BCUT2D eigenvalue weighted by Gasteiger charge is 2.26. The number of carbonyl (C=O) groups is 1. The minimum Gasteiger partial charge on any atom is -0.481 e. The van der Waals surface area contributed by atoms with Gasteiger partial charge in [0, 0.05) is 19.1 Å². The monoisotopic (exact) mass is 280 g/mol. The lowest BCUT2D eigenvalue weighted by Crippen LogP contribution is -2.46. The molecule has 1 heterocycles. The number of likely N-dealkylation sites (tertiary alicyclic amines) is 1. The highest BCUT2D eigenvalue weighted by Crippen LogP contribution is 2.19. The van der Waals surface area contributed by atoms with Crippen LogP contribution in [0, 0.1) is 11.7 Å². The fraction of sp³-hybridized carbons (Fsp3) is 0.533. The molecule has 5 heteroatoms. The van der Waals surface area contributed by atoms with Crippen molar-refractivity contribution in [3.63, 3.8) is 0 Å². The van der Waals surface area contributed by atoms with E-state index in [4.69, 9.17) is 10.5 Å². The summed E-state index contributed by atoms with van der Waals surface area (Å²) in [5, 5.41) is 0. The molecule has 0 aliphatic carbocycles. The van der Waals surface area contributed by atoms with E-state index < -0.39 is 5.82 Å². The number of ether oxygens (including phenoxy) is 1. The van der Waals surface area contributed by atoms with E-state index in [1.165, 1.54) is 12.1 Å². The van der Waals surface area contributed by atoms with Gasteiger partial charge in [-0.2, -0.15) is 0 Å². The number of nitrogens with zero attached hydrogens (tertiary/aromatic N) is 1. The van der Waals surface area contributed by atoms with E-state index in [2.05, 4.69) is 0 Å². The predicted octanol–water partition coefficient (Wildman–Crippen LogP) is 1.79. The van der Waals surface area contributed by atoms with Gasteiger partial charge in [0.1, 0.15) is 0 Å². The molecule has 2 rings (SSSR count). The zero-order chi connectivity index (χ0) is 14.5. The van der Waals surface area contributed by atoms with Crippen molar-refractivity contribution in [2.24, 2.45) is 11.7 Å². The van der Waals surface area contributed by atoms with E-state index in [1.54, 1.807) is 17.0 Å². The highest BCUT2D eigenvalue weighted by atomic mass is 19.1. The molecule has 0 spiro atoms. The molecule has 0 aromatic heterocycles. The Kier molecular flexibility index (Phi) is 4.95. The fourth-order valence-corrected chi connectivity index (χ4v) is 2.46. The minimum atomic E-state index is -0.451. The van der Waals surface area contributed by atoms with Crippen molar-refractivity contribution >= 4 is 5.91 Å². The molecule has 0 saturated carbocycles. The van der Waals surface area contributed by atoms with Gasteiger partial charge in [-0.05, 0) is 37.8 Å². The second-order valence-corrected chi connectivity index (χ2v) is 5.32. The van der Waals surface area contributed by atoms with Gasteiger partial charge in [0.25, 0.3) is 5.91 Å². The van der Waals surface area contributed by atoms with E-state index in [0.717, 1.165) is 19.4 Å². The first-order chi connectivity index (χ1) is 9.58. The van der Waals surface area contributed by atoms with Crippen molar-refractivity contribution in [3.8, 4) is 5.75 Å². The Morgan fingerprint density at radius 1 is 1.55 bits per heavy atom. The normalized spacial score (nSPS) is 20.6. The molecule has 4 nitrogen and oxygen atoms in total. The van der Waals surface area contributed by atoms with Gasteiger partial charge in [0.2, 0.25) is 0 Å². The average Bonchev–Trinajstić information content (AvgIpc) is 2.46. The molecule has 2 atom stereocenters. The van der Waals surface area contributed by atoms with Crippen LogP contribution in [-0.4, -0.2) is 36.5 Å². The van der Waals surface area contributed by atoms with Crippen molar-refractivity contribution in [1.29, 1.82) is 0 Å². The van der Waals surface area contributed by atoms with Gasteiger partial charge in [-0.3, -0.25) is 4.79 Å². The third kappa shape index (κ3) is 3.70. The van der Waals surface area contributed by atoms with Gasteiger partial charge in [-0.25, -0.2) is 4.39 Å². The average molecular weight is 280 g/mol. The number of hydrogen-bond donors (Lipinski definition) is 1. The maximum absolute atomic E-state index is 13.4. The number of piperidine rings is 1. The summed E-state index contributed by atoms with van der Waals surface area (Å²) in [5.74, 6) is -0.117. The first kappa shape index (κ1) is 14.8. The summed E-state index contributed by atoms with van der Waals surface area (Å²) in [5.41, 5.74) is 5.90. The van der Waals surface area contributed by atoms with Gasteiger partial charge < -0.3 is 15.4 Å². The highest BCUT2D eigenvalue weighted by molar-refractivity contribution is 5.77. The molecule has 20 heavy (non-hydrogen) atoms. The molecule has 110 valence electrons. The van der Waals surface area contributed by atoms with Crippen molar-refractivity contribution in [2.75, 3.05) is 19.7 Å². The Morgan fingerprint density at radius 3 is 3.00 bits per heavy atom. The van der Waals surface area contributed by atoms with E-state index in [1.807, 2.05) is 6.92 Å². The van der Waals surface area contributed by atoms with Gasteiger partial charge >= 0.3 is 0 Å².